The summed E-state index contributed by atoms with van der Waals surface area (Å²) in [5.41, 5.74) is 0.0437. The van der Waals surface area contributed by atoms with Gasteiger partial charge in [-0.1, -0.05) is 25.4 Å². The molecule has 1 atom stereocenters. The van der Waals surface area contributed by atoms with Crippen LogP contribution in [0.1, 0.15) is 24.4 Å². The van der Waals surface area contributed by atoms with Crippen molar-refractivity contribution in [1.82, 2.24) is 9.62 Å². The highest BCUT2D eigenvalue weighted by atomic mass is 35.5. The highest BCUT2D eigenvalue weighted by Crippen LogP contribution is 2.26. The molecular formula is C20H24ClN3O7S. The summed E-state index contributed by atoms with van der Waals surface area (Å²) in [7, 11) is -0.994. The first-order valence-electron chi connectivity index (χ1n) is 9.46. The molecule has 0 spiro atoms. The summed E-state index contributed by atoms with van der Waals surface area (Å²) >= 11 is 6.04. The predicted octanol–water partition coefficient (Wildman–Crippen LogP) is 2.12. The van der Waals surface area contributed by atoms with E-state index in [0.717, 1.165) is 4.31 Å². The second kappa shape index (κ2) is 10.6. The fourth-order valence-corrected chi connectivity index (χ4v) is 3.60. The van der Waals surface area contributed by atoms with Gasteiger partial charge in [0.1, 0.15) is 6.04 Å². The second-order valence-corrected chi connectivity index (χ2v) is 9.82. The molecule has 0 fully saturated rings. The number of hydrogen-bond acceptors (Lipinski definition) is 7. The Labute approximate surface area is 190 Å². The van der Waals surface area contributed by atoms with Crippen LogP contribution in [0.2, 0.25) is 5.02 Å². The van der Waals surface area contributed by atoms with Gasteiger partial charge in [-0.05, 0) is 36.2 Å². The Hall–Kier alpha value is -2.89. The molecule has 2 amide bonds. The summed E-state index contributed by atoms with van der Waals surface area (Å²) in [5.74, 6) is -2.44. The molecule has 2 N–H and O–H groups in total. The van der Waals surface area contributed by atoms with E-state index in [2.05, 4.69) is 10.6 Å². The van der Waals surface area contributed by atoms with Gasteiger partial charge in [0.15, 0.2) is 12.4 Å². The Morgan fingerprint density at radius 2 is 1.88 bits per heavy atom. The topological polar surface area (TPSA) is 135 Å². The minimum Gasteiger partial charge on any atom is -0.459 e. The second-order valence-electron chi connectivity index (χ2n) is 7.26. The Morgan fingerprint density at radius 1 is 1.19 bits per heavy atom. The van der Waals surface area contributed by atoms with E-state index in [1.54, 1.807) is 13.8 Å². The van der Waals surface area contributed by atoms with Crippen LogP contribution in [0.4, 0.5) is 5.69 Å². The summed E-state index contributed by atoms with van der Waals surface area (Å²) < 4.78 is 35.6. The van der Waals surface area contributed by atoms with Crippen molar-refractivity contribution in [1.29, 1.82) is 0 Å². The van der Waals surface area contributed by atoms with Crippen molar-refractivity contribution in [3.63, 3.8) is 0 Å². The predicted molar refractivity (Wildman–Crippen MR) is 117 cm³/mol. The Balaban J connectivity index is 2.02. The number of nitrogens with zero attached hydrogens (tertiary/aromatic N) is 1. The van der Waals surface area contributed by atoms with Gasteiger partial charge < -0.3 is 19.8 Å². The monoisotopic (exact) mass is 485 g/mol. The molecule has 10 nitrogen and oxygen atoms in total. The van der Waals surface area contributed by atoms with Crippen molar-refractivity contribution < 1.29 is 32.0 Å². The van der Waals surface area contributed by atoms with Crippen LogP contribution in [0.15, 0.2) is 45.9 Å². The zero-order chi connectivity index (χ0) is 24.1. The van der Waals surface area contributed by atoms with Gasteiger partial charge in [-0.2, -0.15) is 0 Å². The largest absolute Gasteiger partial charge is 0.459 e. The number of nitrogens with one attached hydrogen (secondary N) is 2. The summed E-state index contributed by atoms with van der Waals surface area (Å²) in [4.78, 5) is 36.7. The fourth-order valence-electron chi connectivity index (χ4n) is 2.50. The lowest BCUT2D eigenvalue weighted by atomic mass is 10.0. The van der Waals surface area contributed by atoms with E-state index in [-0.39, 0.29) is 27.3 Å². The van der Waals surface area contributed by atoms with Crippen LogP contribution < -0.4 is 10.6 Å². The van der Waals surface area contributed by atoms with Crippen molar-refractivity contribution in [2.45, 2.75) is 24.8 Å². The van der Waals surface area contributed by atoms with Crippen LogP contribution in [0, 0.1) is 5.92 Å². The van der Waals surface area contributed by atoms with Crippen molar-refractivity contribution in [2.24, 2.45) is 5.92 Å². The maximum Gasteiger partial charge on any atom is 0.329 e. The standard InChI is InChI=1S/C20H24ClN3O7S/c1-12(2)18(23-19(26)16-6-5-9-30-16)20(27)31-11-17(25)22-15-10-13(7-8-14(15)21)32(28,29)24(3)4/h5-10,12,18H,11H2,1-4H3,(H,22,25)(H,23,26). The van der Waals surface area contributed by atoms with Gasteiger partial charge in [0.2, 0.25) is 10.0 Å². The van der Waals surface area contributed by atoms with E-state index in [1.165, 1.54) is 50.7 Å². The first-order chi connectivity index (χ1) is 14.9. The third-order valence-corrected chi connectivity index (χ3v) is 6.43. The third-order valence-electron chi connectivity index (χ3n) is 4.29. The number of carbonyl (C=O) groups excluding carboxylic acids is 3. The smallest absolute Gasteiger partial charge is 0.329 e. The minimum atomic E-state index is -3.74. The maximum absolute atomic E-state index is 12.4. The van der Waals surface area contributed by atoms with Gasteiger partial charge in [0, 0.05) is 14.1 Å². The molecule has 2 rings (SSSR count). The summed E-state index contributed by atoms with van der Waals surface area (Å²) in [6.07, 6.45) is 1.33. The number of anilines is 1. The summed E-state index contributed by atoms with van der Waals surface area (Å²) in [6, 6.07) is 5.81. The van der Waals surface area contributed by atoms with Gasteiger partial charge in [-0.15, -0.1) is 0 Å². The molecule has 32 heavy (non-hydrogen) atoms. The Bertz CT molecular complexity index is 1080. The molecule has 2 aromatic rings. The molecule has 12 heteroatoms. The quantitative estimate of drug-likeness (QED) is 0.519. The van der Waals surface area contributed by atoms with E-state index < -0.39 is 40.5 Å². The Kier molecular flexibility index (Phi) is 8.42. The van der Waals surface area contributed by atoms with Crippen LogP contribution in [-0.4, -0.2) is 57.3 Å². The van der Waals surface area contributed by atoms with Crippen LogP contribution in [-0.2, 0) is 24.3 Å². The average Bonchev–Trinajstić information content (AvgIpc) is 3.26. The van der Waals surface area contributed by atoms with E-state index in [4.69, 9.17) is 20.8 Å². The molecule has 1 unspecified atom stereocenters. The zero-order valence-corrected chi connectivity index (χ0v) is 19.5. The van der Waals surface area contributed by atoms with E-state index in [0.29, 0.717) is 0 Å². The Morgan fingerprint density at radius 3 is 2.44 bits per heavy atom. The number of amides is 2. The molecule has 0 bridgehead atoms. The number of furan rings is 1. The minimum absolute atomic E-state index is 0.0309. The van der Waals surface area contributed by atoms with Gasteiger partial charge in [-0.25, -0.2) is 17.5 Å². The van der Waals surface area contributed by atoms with Crippen molar-refractivity contribution in [3.05, 3.63) is 47.4 Å². The van der Waals surface area contributed by atoms with Crippen molar-refractivity contribution in [3.8, 4) is 0 Å². The number of sulfonamides is 1. The van der Waals surface area contributed by atoms with Crippen LogP contribution in [0.3, 0.4) is 0 Å². The summed E-state index contributed by atoms with van der Waals surface area (Å²) in [6.45, 7) is 2.73. The zero-order valence-electron chi connectivity index (χ0n) is 17.9. The first-order valence-corrected chi connectivity index (χ1v) is 11.3. The van der Waals surface area contributed by atoms with Crippen LogP contribution in [0.25, 0.3) is 0 Å². The highest BCUT2D eigenvalue weighted by molar-refractivity contribution is 7.89. The molecule has 0 aliphatic heterocycles. The number of halogens is 1. The number of esters is 1. The average molecular weight is 486 g/mol. The molecule has 0 saturated heterocycles. The van der Waals surface area contributed by atoms with Gasteiger partial charge in [0.25, 0.3) is 11.8 Å². The van der Waals surface area contributed by atoms with E-state index in [9.17, 15) is 22.8 Å². The number of ether oxygens (including phenoxy) is 1. The first kappa shape index (κ1) is 25.4. The van der Waals surface area contributed by atoms with Crippen molar-refractivity contribution in [2.75, 3.05) is 26.0 Å². The van der Waals surface area contributed by atoms with E-state index >= 15 is 0 Å². The van der Waals surface area contributed by atoms with Crippen molar-refractivity contribution >= 4 is 45.1 Å². The molecule has 1 aromatic heterocycles. The highest BCUT2D eigenvalue weighted by Gasteiger charge is 2.27. The maximum atomic E-state index is 12.4. The number of rotatable bonds is 9. The summed E-state index contributed by atoms with van der Waals surface area (Å²) in [5, 5.41) is 5.02. The molecular weight excluding hydrogens is 462 g/mol. The van der Waals surface area contributed by atoms with Gasteiger partial charge >= 0.3 is 5.97 Å². The number of hydrogen-bond donors (Lipinski definition) is 2. The SMILES string of the molecule is CC(C)C(NC(=O)c1ccco1)C(=O)OCC(=O)Nc1cc(S(=O)(=O)N(C)C)ccc1Cl. The molecule has 174 valence electrons. The van der Waals surface area contributed by atoms with Gasteiger partial charge in [0.05, 0.1) is 21.9 Å². The lowest BCUT2D eigenvalue weighted by Gasteiger charge is -2.20. The molecule has 0 radical (unpaired) electrons. The molecule has 0 aliphatic carbocycles. The molecule has 1 aromatic carbocycles. The lowest BCUT2D eigenvalue weighted by Crippen LogP contribution is -2.45. The third kappa shape index (κ3) is 6.31. The fraction of sp³-hybridized carbons (Fsp3) is 0.350. The van der Waals surface area contributed by atoms with E-state index in [1.807, 2.05) is 0 Å². The number of carbonyl (C=O) groups is 3. The normalized spacial score (nSPS) is 12.5. The number of benzene rings is 1. The van der Waals surface area contributed by atoms with Gasteiger partial charge in [-0.3, -0.25) is 9.59 Å². The molecule has 0 saturated carbocycles. The lowest BCUT2D eigenvalue weighted by molar-refractivity contribution is -0.150. The van der Waals surface area contributed by atoms with Crippen LogP contribution >= 0.6 is 11.6 Å². The van der Waals surface area contributed by atoms with Crippen LogP contribution in [0.5, 0.6) is 0 Å². The molecule has 1 heterocycles. The molecule has 0 aliphatic rings.